The van der Waals surface area contributed by atoms with Crippen molar-refractivity contribution in [1.29, 1.82) is 0 Å². The summed E-state index contributed by atoms with van der Waals surface area (Å²) in [5.74, 6) is -3.62. The van der Waals surface area contributed by atoms with Crippen LogP contribution in [0, 0.1) is 11.6 Å². The summed E-state index contributed by atoms with van der Waals surface area (Å²) >= 11 is 0. The Balaban J connectivity index is 1.83. The molecule has 1 saturated heterocycles. The Kier molecular flexibility index (Phi) is 3.25. The van der Waals surface area contributed by atoms with E-state index in [-0.39, 0.29) is 11.3 Å². The third kappa shape index (κ3) is 2.10. The number of carbonyl (C=O) groups is 2. The van der Waals surface area contributed by atoms with Crippen LogP contribution in [0.1, 0.15) is 23.2 Å². The van der Waals surface area contributed by atoms with Crippen molar-refractivity contribution in [2.45, 2.75) is 12.8 Å². The van der Waals surface area contributed by atoms with Crippen molar-refractivity contribution in [2.75, 3.05) is 31.1 Å². The first kappa shape index (κ1) is 13.2. The molecular formula is C14H14F2N2O2. The van der Waals surface area contributed by atoms with Crippen LogP contribution >= 0.6 is 0 Å². The molecule has 4 nitrogen and oxygen atoms in total. The number of halogens is 2. The van der Waals surface area contributed by atoms with Crippen molar-refractivity contribution in [3.8, 4) is 0 Å². The number of amides is 1. The zero-order valence-corrected chi connectivity index (χ0v) is 10.9. The normalized spacial score (nSPS) is 19.0. The van der Waals surface area contributed by atoms with Gasteiger partial charge in [0, 0.05) is 19.2 Å². The van der Waals surface area contributed by atoms with Crippen molar-refractivity contribution in [2.24, 2.45) is 0 Å². The van der Waals surface area contributed by atoms with E-state index in [1.54, 1.807) is 0 Å². The van der Waals surface area contributed by atoms with Crippen LogP contribution < -0.4 is 4.90 Å². The number of ketones is 1. The average molecular weight is 280 g/mol. The number of nitrogens with zero attached hydrogens (tertiary/aromatic N) is 2. The number of benzene rings is 1. The molecule has 0 atom stereocenters. The lowest BCUT2D eigenvalue weighted by molar-refractivity contribution is -0.114. The second kappa shape index (κ2) is 4.94. The molecule has 106 valence electrons. The minimum absolute atomic E-state index is 0.0460. The molecule has 20 heavy (non-hydrogen) atoms. The lowest BCUT2D eigenvalue weighted by atomic mass is 10.1. The number of fused-ring (bicyclic) bond motifs is 1. The molecule has 3 rings (SSSR count). The standard InChI is InChI=1S/C14H14F2N2O2/c15-10-7-9-12(8-11(10)16)18(14(20)13(9)19)6-5-17-3-1-2-4-17/h7-8H,1-6H2. The zero-order chi connectivity index (χ0) is 14.3. The van der Waals surface area contributed by atoms with Crippen LogP contribution in [0.25, 0.3) is 0 Å². The molecule has 1 aromatic carbocycles. The van der Waals surface area contributed by atoms with Crippen molar-refractivity contribution in [3.05, 3.63) is 29.3 Å². The average Bonchev–Trinajstić information content (AvgIpc) is 3.00. The monoisotopic (exact) mass is 280 g/mol. The molecule has 6 heteroatoms. The number of hydrogen-bond donors (Lipinski definition) is 0. The highest BCUT2D eigenvalue weighted by atomic mass is 19.2. The van der Waals surface area contributed by atoms with E-state index in [0.717, 1.165) is 38.1 Å². The molecule has 0 radical (unpaired) electrons. The van der Waals surface area contributed by atoms with Crippen LogP contribution in [0.2, 0.25) is 0 Å². The summed E-state index contributed by atoms with van der Waals surface area (Å²) in [7, 11) is 0. The SMILES string of the molecule is O=C1C(=O)N(CCN2CCCC2)c2cc(F)c(F)cc21. The van der Waals surface area contributed by atoms with E-state index in [4.69, 9.17) is 0 Å². The van der Waals surface area contributed by atoms with Gasteiger partial charge >= 0.3 is 0 Å². The maximum absolute atomic E-state index is 13.3. The Hall–Kier alpha value is -1.82. The third-order valence-electron chi connectivity index (χ3n) is 3.85. The van der Waals surface area contributed by atoms with Crippen LogP contribution in [-0.4, -0.2) is 42.8 Å². The first-order valence-corrected chi connectivity index (χ1v) is 6.65. The van der Waals surface area contributed by atoms with Gasteiger partial charge in [0.05, 0.1) is 11.3 Å². The van der Waals surface area contributed by atoms with Gasteiger partial charge in [-0.3, -0.25) is 9.59 Å². The number of Topliss-reactive ketones (excluding diaryl/α,β-unsaturated/α-hetero) is 1. The second-order valence-corrected chi connectivity index (χ2v) is 5.12. The largest absolute Gasteiger partial charge is 0.303 e. The summed E-state index contributed by atoms with van der Waals surface area (Å²) in [6.07, 6.45) is 2.26. The van der Waals surface area contributed by atoms with E-state index in [9.17, 15) is 18.4 Å². The molecule has 2 aliphatic heterocycles. The molecule has 2 heterocycles. The summed E-state index contributed by atoms with van der Waals surface area (Å²) in [5, 5.41) is 0. The molecule has 0 spiro atoms. The summed E-state index contributed by atoms with van der Waals surface area (Å²) in [6, 6.07) is 1.73. The smallest absolute Gasteiger partial charge is 0.299 e. The molecule has 0 saturated carbocycles. The van der Waals surface area contributed by atoms with E-state index in [1.165, 1.54) is 4.90 Å². The van der Waals surface area contributed by atoms with Crippen molar-refractivity contribution in [1.82, 2.24) is 4.90 Å². The fourth-order valence-corrected chi connectivity index (χ4v) is 2.76. The fraction of sp³-hybridized carbons (Fsp3) is 0.429. The molecule has 0 aromatic heterocycles. The van der Waals surface area contributed by atoms with Gasteiger partial charge in [-0.05, 0) is 32.0 Å². The van der Waals surface area contributed by atoms with Gasteiger partial charge in [0.25, 0.3) is 11.7 Å². The number of rotatable bonds is 3. The Morgan fingerprint density at radius 2 is 1.65 bits per heavy atom. The lowest BCUT2D eigenvalue weighted by Crippen LogP contribution is -2.37. The van der Waals surface area contributed by atoms with Gasteiger partial charge in [-0.1, -0.05) is 0 Å². The summed E-state index contributed by atoms with van der Waals surface area (Å²) in [5.41, 5.74) is 0.133. The molecular weight excluding hydrogens is 266 g/mol. The van der Waals surface area contributed by atoms with Gasteiger partial charge < -0.3 is 9.80 Å². The van der Waals surface area contributed by atoms with Gasteiger partial charge in [-0.2, -0.15) is 0 Å². The first-order valence-electron chi connectivity index (χ1n) is 6.65. The van der Waals surface area contributed by atoms with Gasteiger partial charge in [0.2, 0.25) is 0 Å². The van der Waals surface area contributed by atoms with Crippen molar-refractivity contribution in [3.63, 3.8) is 0 Å². The van der Waals surface area contributed by atoms with Gasteiger partial charge in [-0.25, -0.2) is 8.78 Å². The Bertz CT molecular complexity index is 583. The molecule has 2 aliphatic rings. The van der Waals surface area contributed by atoms with E-state index in [2.05, 4.69) is 4.90 Å². The molecule has 1 aromatic rings. The molecule has 0 N–H and O–H groups in total. The predicted molar refractivity (Wildman–Crippen MR) is 68.7 cm³/mol. The second-order valence-electron chi connectivity index (χ2n) is 5.12. The van der Waals surface area contributed by atoms with E-state index < -0.39 is 23.3 Å². The lowest BCUT2D eigenvalue weighted by Gasteiger charge is -2.21. The van der Waals surface area contributed by atoms with E-state index in [0.29, 0.717) is 13.1 Å². The highest BCUT2D eigenvalue weighted by Crippen LogP contribution is 2.30. The van der Waals surface area contributed by atoms with Crippen LogP contribution in [0.4, 0.5) is 14.5 Å². The van der Waals surface area contributed by atoms with Gasteiger partial charge in [0.1, 0.15) is 0 Å². The maximum atomic E-state index is 13.3. The van der Waals surface area contributed by atoms with E-state index >= 15 is 0 Å². The molecule has 1 fully saturated rings. The zero-order valence-electron chi connectivity index (χ0n) is 10.9. The summed E-state index contributed by atoms with van der Waals surface area (Å²) in [6.45, 7) is 2.90. The number of anilines is 1. The Morgan fingerprint density at radius 1 is 1.00 bits per heavy atom. The highest BCUT2D eigenvalue weighted by Gasteiger charge is 2.37. The van der Waals surface area contributed by atoms with Gasteiger partial charge in [-0.15, -0.1) is 0 Å². The minimum atomic E-state index is -1.11. The van der Waals surface area contributed by atoms with E-state index in [1.807, 2.05) is 0 Å². The van der Waals surface area contributed by atoms with Crippen LogP contribution in [0.3, 0.4) is 0 Å². The molecule has 1 amide bonds. The quantitative estimate of drug-likeness (QED) is 0.789. The molecule has 0 aliphatic carbocycles. The predicted octanol–water partition coefficient (Wildman–Crippen LogP) is 1.59. The van der Waals surface area contributed by atoms with Crippen LogP contribution in [0.15, 0.2) is 12.1 Å². The number of likely N-dealkylation sites (tertiary alicyclic amines) is 1. The summed E-state index contributed by atoms with van der Waals surface area (Å²) in [4.78, 5) is 27.1. The van der Waals surface area contributed by atoms with Gasteiger partial charge in [0.15, 0.2) is 11.6 Å². The van der Waals surface area contributed by atoms with Crippen LogP contribution in [0.5, 0.6) is 0 Å². The number of carbonyl (C=O) groups excluding carboxylic acids is 2. The van der Waals surface area contributed by atoms with Crippen molar-refractivity contribution >= 4 is 17.4 Å². The first-order chi connectivity index (χ1) is 9.58. The van der Waals surface area contributed by atoms with Crippen molar-refractivity contribution < 1.29 is 18.4 Å². The number of hydrogen-bond acceptors (Lipinski definition) is 3. The minimum Gasteiger partial charge on any atom is -0.303 e. The Labute approximate surface area is 115 Å². The third-order valence-corrected chi connectivity index (χ3v) is 3.85. The molecule has 0 unspecified atom stereocenters. The molecule has 0 bridgehead atoms. The summed E-state index contributed by atoms with van der Waals surface area (Å²) < 4.78 is 26.5. The Morgan fingerprint density at radius 3 is 2.35 bits per heavy atom. The highest BCUT2D eigenvalue weighted by molar-refractivity contribution is 6.52. The topological polar surface area (TPSA) is 40.6 Å². The maximum Gasteiger partial charge on any atom is 0.299 e. The fourth-order valence-electron chi connectivity index (χ4n) is 2.76. The van der Waals surface area contributed by atoms with Crippen LogP contribution in [-0.2, 0) is 4.79 Å².